The fourth-order valence-corrected chi connectivity index (χ4v) is 0.882. The van der Waals surface area contributed by atoms with Gasteiger partial charge in [-0.2, -0.15) is 0 Å². The first kappa shape index (κ1) is 13.5. The van der Waals surface area contributed by atoms with E-state index in [0.29, 0.717) is 0 Å². The maximum Gasteiger partial charge on any atom is 1.00 e. The van der Waals surface area contributed by atoms with Crippen molar-refractivity contribution in [1.82, 2.24) is 0 Å². The molecule has 1 rings (SSSR count). The van der Waals surface area contributed by atoms with Crippen molar-refractivity contribution in [3.05, 3.63) is 23.8 Å². The molecule has 0 aliphatic carbocycles. The summed E-state index contributed by atoms with van der Waals surface area (Å²) < 4.78 is 36.2. The predicted molar refractivity (Wildman–Crippen MR) is 41.6 cm³/mol. The minimum atomic E-state index is -4.95. The van der Waals surface area contributed by atoms with Gasteiger partial charge < -0.3 is 18.1 Å². The molecule has 0 bridgehead atoms. The molecule has 66 valence electrons. The van der Waals surface area contributed by atoms with Crippen LogP contribution in [0.1, 0.15) is 5.56 Å². The molecule has 1 aromatic carbocycles. The number of aromatic hydroxyl groups is 1. The first-order chi connectivity index (χ1) is 5.41. The number of aryl methyl sites for hydroxylation is 1. The molecule has 1 N–H and O–H groups in total. The molecule has 13 heavy (non-hydrogen) atoms. The van der Waals surface area contributed by atoms with E-state index in [9.17, 15) is 12.9 Å². The van der Waals surface area contributed by atoms with Crippen LogP contribution < -0.4 is 56.8 Å². The normalized spacial score (nSPS) is 10.8. The SMILES string of the molecule is Cc1cc([B-](F)(F)F)ccc1O.[K+]. The maximum absolute atomic E-state index is 12.1. The molecule has 1 nitrogen and oxygen atoms in total. The molecular formula is C7H7BF3KO. The molecule has 1 aromatic rings. The third-order valence-electron chi connectivity index (χ3n) is 1.60. The third kappa shape index (κ3) is 3.63. The summed E-state index contributed by atoms with van der Waals surface area (Å²) in [7, 11) is 0. The van der Waals surface area contributed by atoms with Gasteiger partial charge in [0.1, 0.15) is 5.75 Å². The van der Waals surface area contributed by atoms with Crippen LogP contribution in [-0.2, 0) is 0 Å². The standard InChI is InChI=1S/C7H7BF3O.K/c1-5-4-6(8(9,10)11)2-3-7(5)12;/h2-4,12H,1H3;/q-1;+1. The molecular weight excluding hydrogens is 207 g/mol. The van der Waals surface area contributed by atoms with Crippen LogP contribution in [0.5, 0.6) is 5.75 Å². The van der Waals surface area contributed by atoms with E-state index < -0.39 is 12.4 Å². The van der Waals surface area contributed by atoms with Crippen molar-refractivity contribution < 1.29 is 69.4 Å². The fourth-order valence-electron chi connectivity index (χ4n) is 0.882. The zero-order valence-electron chi connectivity index (χ0n) is 7.39. The Balaban J connectivity index is 0.00000144. The Morgan fingerprint density at radius 3 is 2.15 bits per heavy atom. The second kappa shape index (κ2) is 4.84. The number of halogens is 3. The molecule has 0 aliphatic rings. The van der Waals surface area contributed by atoms with Crippen molar-refractivity contribution in [3.63, 3.8) is 0 Å². The Bertz CT molecular complexity index is 300. The van der Waals surface area contributed by atoms with Crippen molar-refractivity contribution in [3.8, 4) is 5.75 Å². The van der Waals surface area contributed by atoms with Gasteiger partial charge >= 0.3 is 58.4 Å². The van der Waals surface area contributed by atoms with Crippen LogP contribution >= 0.6 is 0 Å². The zero-order chi connectivity index (χ0) is 9.35. The number of benzene rings is 1. The van der Waals surface area contributed by atoms with Gasteiger partial charge in [0, 0.05) is 0 Å². The van der Waals surface area contributed by atoms with E-state index in [0.717, 1.165) is 18.2 Å². The Morgan fingerprint density at radius 1 is 1.23 bits per heavy atom. The van der Waals surface area contributed by atoms with Crippen LogP contribution in [-0.4, -0.2) is 12.1 Å². The summed E-state index contributed by atoms with van der Waals surface area (Å²) in [6.07, 6.45) is 0. The maximum atomic E-state index is 12.1. The summed E-state index contributed by atoms with van der Waals surface area (Å²) in [6.45, 7) is -3.52. The van der Waals surface area contributed by atoms with Crippen molar-refractivity contribution in [2.24, 2.45) is 0 Å². The van der Waals surface area contributed by atoms with Gasteiger partial charge in [0.15, 0.2) is 0 Å². The minimum absolute atomic E-state index is 0. The largest absolute Gasteiger partial charge is 1.00 e. The monoisotopic (exact) mass is 214 g/mol. The van der Waals surface area contributed by atoms with Crippen LogP contribution in [0, 0.1) is 6.92 Å². The van der Waals surface area contributed by atoms with Gasteiger partial charge in [-0.15, -0.1) is 5.46 Å². The molecule has 0 unspecified atom stereocenters. The van der Waals surface area contributed by atoms with Gasteiger partial charge in [0.25, 0.3) is 0 Å². The summed E-state index contributed by atoms with van der Waals surface area (Å²) >= 11 is 0. The van der Waals surface area contributed by atoms with Crippen LogP contribution in [0.2, 0.25) is 0 Å². The fraction of sp³-hybridized carbons (Fsp3) is 0.143. The zero-order valence-corrected chi connectivity index (χ0v) is 10.5. The van der Waals surface area contributed by atoms with Gasteiger partial charge in [-0.1, -0.05) is 12.1 Å². The summed E-state index contributed by atoms with van der Waals surface area (Å²) in [6, 6.07) is 2.87. The molecule has 0 aromatic heterocycles. The van der Waals surface area contributed by atoms with Crippen molar-refractivity contribution >= 4 is 12.4 Å². The summed E-state index contributed by atoms with van der Waals surface area (Å²) in [4.78, 5) is 0. The molecule has 6 heteroatoms. The van der Waals surface area contributed by atoms with Gasteiger partial charge in [-0.3, -0.25) is 0 Å². The topological polar surface area (TPSA) is 20.2 Å². The van der Waals surface area contributed by atoms with Crippen molar-refractivity contribution in [2.75, 3.05) is 0 Å². The van der Waals surface area contributed by atoms with E-state index in [1.165, 1.54) is 6.92 Å². The minimum Gasteiger partial charge on any atom is -0.508 e. The van der Waals surface area contributed by atoms with E-state index in [1.807, 2.05) is 0 Å². The third-order valence-corrected chi connectivity index (χ3v) is 1.60. The molecule has 0 spiro atoms. The van der Waals surface area contributed by atoms with Gasteiger partial charge in [-0.05, 0) is 18.6 Å². The first-order valence-corrected chi connectivity index (χ1v) is 3.40. The summed E-state index contributed by atoms with van der Waals surface area (Å²) in [5.41, 5.74) is -0.433. The Morgan fingerprint density at radius 2 is 1.77 bits per heavy atom. The van der Waals surface area contributed by atoms with Crippen LogP contribution in [0.3, 0.4) is 0 Å². The number of phenols is 1. The summed E-state index contributed by atoms with van der Waals surface area (Å²) in [5.74, 6) is -0.112. The molecule has 0 aliphatic heterocycles. The van der Waals surface area contributed by atoms with Gasteiger partial charge in [-0.25, -0.2) is 0 Å². The predicted octanol–water partition coefficient (Wildman–Crippen LogP) is -1.24. The number of phenolic OH excluding ortho intramolecular Hbond substituents is 1. The Kier molecular flexibility index (Phi) is 5.03. The molecule has 0 saturated heterocycles. The smallest absolute Gasteiger partial charge is 0.508 e. The van der Waals surface area contributed by atoms with E-state index in [4.69, 9.17) is 5.11 Å². The molecule has 0 fully saturated rings. The number of rotatable bonds is 1. The van der Waals surface area contributed by atoms with E-state index in [2.05, 4.69) is 0 Å². The van der Waals surface area contributed by atoms with Crippen molar-refractivity contribution in [1.29, 1.82) is 0 Å². The second-order valence-electron chi connectivity index (χ2n) is 2.62. The van der Waals surface area contributed by atoms with Crippen molar-refractivity contribution in [2.45, 2.75) is 6.92 Å². The number of hydrogen-bond acceptors (Lipinski definition) is 1. The Hall–Kier alpha value is 0.511. The van der Waals surface area contributed by atoms with E-state index in [-0.39, 0.29) is 62.7 Å². The second-order valence-corrected chi connectivity index (χ2v) is 2.62. The molecule has 0 heterocycles. The molecule has 0 amide bonds. The average Bonchev–Trinajstić information content (AvgIpc) is 1.92. The van der Waals surface area contributed by atoms with E-state index >= 15 is 0 Å². The quantitative estimate of drug-likeness (QED) is 0.580. The average molecular weight is 214 g/mol. The van der Waals surface area contributed by atoms with Crippen LogP contribution in [0.15, 0.2) is 18.2 Å². The molecule has 0 saturated carbocycles. The summed E-state index contributed by atoms with van der Waals surface area (Å²) in [5, 5.41) is 8.95. The Labute approximate surface area is 117 Å². The molecule has 0 atom stereocenters. The van der Waals surface area contributed by atoms with Gasteiger partial charge in [0.2, 0.25) is 0 Å². The van der Waals surface area contributed by atoms with Crippen LogP contribution in [0.25, 0.3) is 0 Å². The van der Waals surface area contributed by atoms with Crippen LogP contribution in [0.4, 0.5) is 12.9 Å². The number of hydrogen-bond donors (Lipinski definition) is 1. The molecule has 0 radical (unpaired) electrons. The first-order valence-electron chi connectivity index (χ1n) is 3.40. The van der Waals surface area contributed by atoms with Gasteiger partial charge in [0.05, 0.1) is 0 Å². The van der Waals surface area contributed by atoms with E-state index in [1.54, 1.807) is 0 Å².